The van der Waals surface area contributed by atoms with Crippen molar-refractivity contribution >= 4 is 5.91 Å². The molecule has 4 nitrogen and oxygen atoms in total. The molecule has 1 aromatic heterocycles. The third kappa shape index (κ3) is 3.38. The quantitative estimate of drug-likeness (QED) is 0.920. The first-order valence-corrected chi connectivity index (χ1v) is 7.73. The highest BCUT2D eigenvalue weighted by molar-refractivity contribution is 5.83. The lowest BCUT2D eigenvalue weighted by Crippen LogP contribution is -2.33. The van der Waals surface area contributed by atoms with Crippen LogP contribution < -0.4 is 0 Å². The number of benzene rings is 1. The van der Waals surface area contributed by atoms with Crippen LogP contribution in [0.25, 0.3) is 0 Å². The van der Waals surface area contributed by atoms with E-state index in [1.54, 1.807) is 0 Å². The molecule has 0 radical (unpaired) electrons. The number of H-pyrrole nitrogens is 1. The van der Waals surface area contributed by atoms with E-state index in [4.69, 9.17) is 0 Å². The largest absolute Gasteiger partial charge is 0.345 e. The van der Waals surface area contributed by atoms with Gasteiger partial charge in [-0.1, -0.05) is 37.3 Å². The molecular formula is C18H25N3O. The number of hydrogen-bond acceptors (Lipinski definition) is 2. The molecule has 2 aromatic rings. The van der Waals surface area contributed by atoms with Crippen LogP contribution in [0.5, 0.6) is 0 Å². The summed E-state index contributed by atoms with van der Waals surface area (Å²) in [5, 5.41) is 7.15. The van der Waals surface area contributed by atoms with Crippen molar-refractivity contribution in [2.24, 2.45) is 0 Å². The zero-order valence-electron chi connectivity index (χ0n) is 14.1. The summed E-state index contributed by atoms with van der Waals surface area (Å²) in [6.45, 7) is 8.72. The van der Waals surface area contributed by atoms with Crippen molar-refractivity contribution in [3.05, 3.63) is 52.8 Å². The van der Waals surface area contributed by atoms with Gasteiger partial charge in [-0.3, -0.25) is 9.89 Å². The highest BCUT2D eigenvalue weighted by Gasteiger charge is 2.25. The second kappa shape index (κ2) is 6.77. The van der Waals surface area contributed by atoms with Gasteiger partial charge in [0.15, 0.2) is 0 Å². The van der Waals surface area contributed by atoms with Crippen LogP contribution in [0.1, 0.15) is 48.2 Å². The number of carbonyl (C=O) groups is 1. The summed E-state index contributed by atoms with van der Waals surface area (Å²) in [6.07, 6.45) is 0. The van der Waals surface area contributed by atoms with Crippen LogP contribution in [0, 0.1) is 13.8 Å². The normalized spacial score (nSPS) is 13.7. The fourth-order valence-corrected chi connectivity index (χ4v) is 3.04. The van der Waals surface area contributed by atoms with E-state index in [2.05, 4.69) is 29.3 Å². The first-order chi connectivity index (χ1) is 10.4. The topological polar surface area (TPSA) is 49.0 Å². The Morgan fingerprint density at radius 3 is 2.41 bits per heavy atom. The minimum absolute atomic E-state index is 0.135. The Kier molecular flexibility index (Phi) is 5.01. The zero-order valence-corrected chi connectivity index (χ0v) is 14.1. The smallest absolute Gasteiger partial charge is 0.229 e. The number of nitrogens with zero attached hydrogens (tertiary/aromatic N) is 2. The molecule has 0 unspecified atom stereocenters. The fraction of sp³-hybridized carbons (Fsp3) is 0.444. The number of aryl methyl sites for hydroxylation is 2. The summed E-state index contributed by atoms with van der Waals surface area (Å²) in [5.41, 5.74) is 4.15. The number of carbonyl (C=O) groups excluding carboxylic acids is 1. The Bertz CT molecular complexity index is 614. The summed E-state index contributed by atoms with van der Waals surface area (Å²) in [4.78, 5) is 14.5. The van der Waals surface area contributed by atoms with Crippen LogP contribution in [0.3, 0.4) is 0 Å². The van der Waals surface area contributed by atoms with Gasteiger partial charge < -0.3 is 4.90 Å². The number of aromatic amines is 1. The van der Waals surface area contributed by atoms with Gasteiger partial charge in [-0.2, -0.15) is 5.10 Å². The van der Waals surface area contributed by atoms with Crippen molar-refractivity contribution in [1.82, 2.24) is 15.1 Å². The van der Waals surface area contributed by atoms with Crippen molar-refractivity contribution in [2.45, 2.75) is 39.5 Å². The number of likely N-dealkylation sites (N-methyl/N-ethyl adjacent to an activating group) is 1. The van der Waals surface area contributed by atoms with E-state index in [9.17, 15) is 4.79 Å². The Hall–Kier alpha value is -2.10. The van der Waals surface area contributed by atoms with E-state index in [0.29, 0.717) is 12.5 Å². The molecule has 0 aliphatic heterocycles. The minimum Gasteiger partial charge on any atom is -0.345 e. The van der Waals surface area contributed by atoms with Gasteiger partial charge in [-0.05, 0) is 32.3 Å². The lowest BCUT2D eigenvalue weighted by atomic mass is 9.96. The summed E-state index contributed by atoms with van der Waals surface area (Å²) in [5.74, 6) is 0.274. The van der Waals surface area contributed by atoms with Crippen molar-refractivity contribution in [3.8, 4) is 0 Å². The monoisotopic (exact) mass is 299 g/mol. The third-order valence-electron chi connectivity index (χ3n) is 4.28. The average molecular weight is 299 g/mol. The Morgan fingerprint density at radius 1 is 1.23 bits per heavy atom. The van der Waals surface area contributed by atoms with E-state index in [1.165, 1.54) is 5.56 Å². The van der Waals surface area contributed by atoms with Crippen LogP contribution in [-0.4, -0.2) is 34.6 Å². The summed E-state index contributed by atoms with van der Waals surface area (Å²) >= 11 is 0. The number of aromatic nitrogens is 2. The molecule has 4 heteroatoms. The average Bonchev–Trinajstić information content (AvgIpc) is 2.85. The Morgan fingerprint density at radius 2 is 1.86 bits per heavy atom. The molecule has 118 valence electrons. The summed E-state index contributed by atoms with van der Waals surface area (Å²) < 4.78 is 0. The lowest BCUT2D eigenvalue weighted by molar-refractivity contribution is -0.131. The molecule has 22 heavy (non-hydrogen) atoms. The molecule has 0 saturated heterocycles. The van der Waals surface area contributed by atoms with Gasteiger partial charge in [0.2, 0.25) is 5.91 Å². The van der Waals surface area contributed by atoms with Gasteiger partial charge in [0.25, 0.3) is 0 Å². The van der Waals surface area contributed by atoms with Gasteiger partial charge in [0.05, 0.1) is 11.6 Å². The number of rotatable bonds is 5. The van der Waals surface area contributed by atoms with Gasteiger partial charge in [0, 0.05) is 24.8 Å². The van der Waals surface area contributed by atoms with Crippen molar-refractivity contribution in [3.63, 3.8) is 0 Å². The first-order valence-electron chi connectivity index (χ1n) is 7.73. The third-order valence-corrected chi connectivity index (χ3v) is 4.28. The standard InChI is InChI=1S/C18H25N3O/c1-12(16-9-7-6-8-10-16)11-21(5)18(22)13(2)17-14(3)19-20-15(17)4/h6-10,12-13H,11H2,1-5H3,(H,19,20)/t12-,13-/m1/s1. The predicted octanol–water partition coefficient (Wildman–Crippen LogP) is 3.39. The molecule has 1 N–H and O–H groups in total. The number of hydrogen-bond donors (Lipinski definition) is 1. The molecule has 2 atom stereocenters. The maximum atomic E-state index is 12.7. The SMILES string of the molecule is Cc1n[nH]c(C)c1[C@@H](C)C(=O)N(C)C[C@@H](C)c1ccccc1. The van der Waals surface area contributed by atoms with E-state index >= 15 is 0 Å². The molecule has 0 fully saturated rings. The Labute approximate surface area is 132 Å². The highest BCUT2D eigenvalue weighted by atomic mass is 16.2. The molecule has 0 spiro atoms. The minimum atomic E-state index is -0.174. The molecule has 1 heterocycles. The van der Waals surface area contributed by atoms with Crippen molar-refractivity contribution < 1.29 is 4.79 Å². The fourth-order valence-electron chi connectivity index (χ4n) is 3.04. The first kappa shape index (κ1) is 16.3. The molecule has 2 rings (SSSR count). The van der Waals surface area contributed by atoms with Crippen molar-refractivity contribution in [1.29, 1.82) is 0 Å². The van der Waals surface area contributed by atoms with E-state index in [0.717, 1.165) is 17.0 Å². The van der Waals surface area contributed by atoms with Gasteiger partial charge in [-0.15, -0.1) is 0 Å². The van der Waals surface area contributed by atoms with Crippen LogP contribution in [0.15, 0.2) is 30.3 Å². The summed E-state index contributed by atoms with van der Waals surface area (Å²) in [7, 11) is 1.88. The Balaban J connectivity index is 2.06. The molecule has 0 saturated carbocycles. The number of nitrogens with one attached hydrogen (secondary N) is 1. The van der Waals surface area contributed by atoms with Crippen LogP contribution >= 0.6 is 0 Å². The molecule has 0 bridgehead atoms. The second-order valence-electron chi connectivity index (χ2n) is 6.10. The summed E-state index contributed by atoms with van der Waals surface area (Å²) in [6, 6.07) is 10.3. The molecular weight excluding hydrogens is 274 g/mol. The zero-order chi connectivity index (χ0) is 16.3. The van der Waals surface area contributed by atoms with Crippen LogP contribution in [0.2, 0.25) is 0 Å². The molecule has 1 aromatic carbocycles. The predicted molar refractivity (Wildman–Crippen MR) is 89.0 cm³/mol. The van der Waals surface area contributed by atoms with E-state index in [1.807, 2.05) is 50.9 Å². The van der Waals surface area contributed by atoms with E-state index in [-0.39, 0.29) is 11.8 Å². The second-order valence-corrected chi connectivity index (χ2v) is 6.10. The van der Waals surface area contributed by atoms with Gasteiger partial charge in [-0.25, -0.2) is 0 Å². The molecule has 0 aliphatic carbocycles. The van der Waals surface area contributed by atoms with E-state index < -0.39 is 0 Å². The lowest BCUT2D eigenvalue weighted by Gasteiger charge is -2.25. The van der Waals surface area contributed by atoms with Gasteiger partial charge >= 0.3 is 0 Å². The number of amides is 1. The van der Waals surface area contributed by atoms with Crippen LogP contribution in [0.4, 0.5) is 0 Å². The maximum Gasteiger partial charge on any atom is 0.229 e. The van der Waals surface area contributed by atoms with Crippen molar-refractivity contribution in [2.75, 3.05) is 13.6 Å². The molecule has 1 amide bonds. The highest BCUT2D eigenvalue weighted by Crippen LogP contribution is 2.24. The van der Waals surface area contributed by atoms with Gasteiger partial charge in [0.1, 0.15) is 0 Å². The molecule has 0 aliphatic rings. The van der Waals surface area contributed by atoms with Crippen LogP contribution in [-0.2, 0) is 4.79 Å². The maximum absolute atomic E-state index is 12.7.